The standard InChI is InChI=1S/C17H12N.C13H13N.Ir/c1-2-7-14(8-3-1)15-9-6-10-16(13-15)17-11-4-5-12-18-17;1-10-6-7-11(2)12(9-10)13-5-3-4-8-14-13;/h1-9,11-13H;3-9H,1-2H3;/q-1;;. The number of pyridine rings is 2. The van der Waals surface area contributed by atoms with Crippen molar-refractivity contribution in [2.75, 3.05) is 0 Å². The molecule has 165 valence electrons. The van der Waals surface area contributed by atoms with Crippen LogP contribution in [0.2, 0.25) is 0 Å². The Labute approximate surface area is 209 Å². The van der Waals surface area contributed by atoms with Crippen molar-refractivity contribution in [1.29, 1.82) is 0 Å². The molecule has 0 atom stereocenters. The molecule has 3 heteroatoms. The molecule has 0 spiro atoms. The fourth-order valence-corrected chi connectivity index (χ4v) is 3.48. The van der Waals surface area contributed by atoms with Crippen LogP contribution in [0.15, 0.2) is 116 Å². The van der Waals surface area contributed by atoms with Crippen LogP contribution < -0.4 is 0 Å². The Balaban J connectivity index is 0.000000186. The fourth-order valence-electron chi connectivity index (χ4n) is 3.48. The van der Waals surface area contributed by atoms with Gasteiger partial charge in [0.1, 0.15) is 0 Å². The van der Waals surface area contributed by atoms with Gasteiger partial charge in [-0.1, -0.05) is 66.2 Å². The number of aromatic nitrogens is 2. The molecule has 3 aromatic carbocycles. The molecule has 2 nitrogen and oxygen atoms in total. The second-order valence-corrected chi connectivity index (χ2v) is 7.61. The molecule has 5 rings (SSSR count). The number of hydrogen-bond donors (Lipinski definition) is 0. The van der Waals surface area contributed by atoms with E-state index in [1.807, 2.05) is 66.9 Å². The molecule has 0 aliphatic heterocycles. The average molecular weight is 606 g/mol. The monoisotopic (exact) mass is 606 g/mol. The second kappa shape index (κ2) is 12.0. The zero-order valence-electron chi connectivity index (χ0n) is 18.7. The summed E-state index contributed by atoms with van der Waals surface area (Å²) in [4.78, 5) is 8.70. The van der Waals surface area contributed by atoms with E-state index in [1.54, 1.807) is 6.20 Å². The molecule has 0 saturated heterocycles. The molecule has 5 aromatic rings. The number of nitrogens with zero attached hydrogens (tertiary/aromatic N) is 2. The third-order valence-electron chi connectivity index (χ3n) is 5.18. The Hall–Kier alpha value is -3.39. The first-order chi connectivity index (χ1) is 15.7. The van der Waals surface area contributed by atoms with Crippen LogP contribution in [0.25, 0.3) is 33.6 Å². The Bertz CT molecular complexity index is 1220. The Morgan fingerprint density at radius 1 is 0.606 bits per heavy atom. The summed E-state index contributed by atoms with van der Waals surface area (Å²) in [7, 11) is 0. The normalized spacial score (nSPS) is 9.88. The summed E-state index contributed by atoms with van der Waals surface area (Å²) < 4.78 is 0. The van der Waals surface area contributed by atoms with Gasteiger partial charge in [0.2, 0.25) is 0 Å². The summed E-state index contributed by atoms with van der Waals surface area (Å²) in [5.41, 5.74) is 9.20. The SMILES string of the molecule is Cc1ccc(C)c(-c2ccccn2)c1.[Ir].[c-]1ccc(-c2ccccc2)cc1-c1ccccn1. The third-order valence-corrected chi connectivity index (χ3v) is 5.18. The van der Waals surface area contributed by atoms with Crippen LogP contribution in [0.4, 0.5) is 0 Å². The van der Waals surface area contributed by atoms with Crippen molar-refractivity contribution < 1.29 is 20.1 Å². The molecule has 0 amide bonds. The summed E-state index contributed by atoms with van der Waals surface area (Å²) >= 11 is 0. The van der Waals surface area contributed by atoms with E-state index in [9.17, 15) is 0 Å². The van der Waals surface area contributed by atoms with Gasteiger partial charge in [-0.2, -0.15) is 0 Å². The molecule has 0 aliphatic rings. The van der Waals surface area contributed by atoms with Crippen LogP contribution in [0, 0.1) is 19.9 Å². The van der Waals surface area contributed by atoms with Crippen LogP contribution in [0.3, 0.4) is 0 Å². The van der Waals surface area contributed by atoms with Gasteiger partial charge >= 0.3 is 0 Å². The molecule has 1 radical (unpaired) electrons. The fraction of sp³-hybridized carbons (Fsp3) is 0.0667. The summed E-state index contributed by atoms with van der Waals surface area (Å²) in [6.07, 6.45) is 3.63. The minimum Gasteiger partial charge on any atom is -0.305 e. The molecule has 0 unspecified atom stereocenters. The van der Waals surface area contributed by atoms with Crippen LogP contribution in [0.5, 0.6) is 0 Å². The van der Waals surface area contributed by atoms with Crippen LogP contribution in [-0.2, 0) is 20.1 Å². The maximum atomic E-state index is 4.35. The van der Waals surface area contributed by atoms with Gasteiger partial charge in [0.15, 0.2) is 0 Å². The van der Waals surface area contributed by atoms with Crippen molar-refractivity contribution in [2.45, 2.75) is 13.8 Å². The summed E-state index contributed by atoms with van der Waals surface area (Å²) in [5.74, 6) is 0. The van der Waals surface area contributed by atoms with Crippen molar-refractivity contribution >= 4 is 0 Å². The van der Waals surface area contributed by atoms with E-state index in [2.05, 4.69) is 72.3 Å². The van der Waals surface area contributed by atoms with Crippen molar-refractivity contribution in [2.24, 2.45) is 0 Å². The van der Waals surface area contributed by atoms with Crippen molar-refractivity contribution in [3.8, 4) is 33.6 Å². The third kappa shape index (κ3) is 6.55. The second-order valence-electron chi connectivity index (χ2n) is 7.61. The summed E-state index contributed by atoms with van der Waals surface area (Å²) in [6, 6.07) is 38.1. The molecule has 0 aliphatic carbocycles. The molecule has 0 bridgehead atoms. The molecule has 0 N–H and O–H groups in total. The molecule has 2 aromatic heterocycles. The first-order valence-corrected chi connectivity index (χ1v) is 10.7. The zero-order valence-corrected chi connectivity index (χ0v) is 21.1. The number of hydrogen-bond acceptors (Lipinski definition) is 2. The average Bonchev–Trinajstić information content (AvgIpc) is 2.88. The van der Waals surface area contributed by atoms with Gasteiger partial charge in [-0.15, -0.1) is 35.4 Å². The quantitative estimate of drug-likeness (QED) is 0.198. The van der Waals surface area contributed by atoms with E-state index in [0.29, 0.717) is 0 Å². The number of rotatable bonds is 3. The van der Waals surface area contributed by atoms with Crippen molar-refractivity contribution in [1.82, 2.24) is 9.97 Å². The van der Waals surface area contributed by atoms with Gasteiger partial charge in [-0.3, -0.25) is 4.98 Å². The van der Waals surface area contributed by atoms with Gasteiger partial charge in [-0.25, -0.2) is 0 Å². The first kappa shape index (κ1) is 24.3. The molecular formula is C30H25IrN2-. The van der Waals surface area contributed by atoms with Gasteiger partial charge < -0.3 is 4.98 Å². The van der Waals surface area contributed by atoms with E-state index in [-0.39, 0.29) is 20.1 Å². The van der Waals surface area contributed by atoms with Crippen LogP contribution in [-0.4, -0.2) is 9.97 Å². The van der Waals surface area contributed by atoms with Gasteiger partial charge in [0.05, 0.1) is 5.69 Å². The van der Waals surface area contributed by atoms with Gasteiger partial charge in [0.25, 0.3) is 0 Å². The summed E-state index contributed by atoms with van der Waals surface area (Å²) in [5, 5.41) is 0. The summed E-state index contributed by atoms with van der Waals surface area (Å²) in [6.45, 7) is 4.22. The van der Waals surface area contributed by atoms with Crippen LogP contribution >= 0.6 is 0 Å². The Kier molecular flexibility index (Phi) is 8.83. The van der Waals surface area contributed by atoms with Gasteiger partial charge in [-0.05, 0) is 54.9 Å². The predicted octanol–water partition coefficient (Wildman–Crippen LogP) is 7.58. The van der Waals surface area contributed by atoms with E-state index in [4.69, 9.17) is 0 Å². The van der Waals surface area contributed by atoms with E-state index in [1.165, 1.54) is 27.8 Å². The minimum absolute atomic E-state index is 0. The molecule has 2 heterocycles. The molecule has 0 fully saturated rings. The van der Waals surface area contributed by atoms with Crippen LogP contribution in [0.1, 0.15) is 11.1 Å². The van der Waals surface area contributed by atoms with Crippen molar-refractivity contribution in [3.63, 3.8) is 0 Å². The zero-order chi connectivity index (χ0) is 22.2. The smallest absolute Gasteiger partial charge is 0.0704 e. The first-order valence-electron chi connectivity index (χ1n) is 10.7. The Morgan fingerprint density at radius 3 is 1.94 bits per heavy atom. The maximum Gasteiger partial charge on any atom is 0.0704 e. The Morgan fingerprint density at radius 2 is 1.27 bits per heavy atom. The van der Waals surface area contributed by atoms with E-state index < -0.39 is 0 Å². The predicted molar refractivity (Wildman–Crippen MR) is 133 cm³/mol. The number of benzene rings is 3. The minimum atomic E-state index is 0. The van der Waals surface area contributed by atoms with E-state index in [0.717, 1.165) is 17.0 Å². The topological polar surface area (TPSA) is 25.8 Å². The molecule has 33 heavy (non-hydrogen) atoms. The van der Waals surface area contributed by atoms with Gasteiger partial charge in [0, 0.05) is 38.1 Å². The maximum absolute atomic E-state index is 4.35. The largest absolute Gasteiger partial charge is 0.305 e. The van der Waals surface area contributed by atoms with E-state index >= 15 is 0 Å². The molecular weight excluding hydrogens is 581 g/mol. The molecule has 0 saturated carbocycles. The van der Waals surface area contributed by atoms with Crippen molar-refractivity contribution in [3.05, 3.63) is 133 Å². The number of aryl methyl sites for hydroxylation is 2.